The molecular weight excluding hydrogens is 250 g/mol. The normalized spacial score (nSPS) is 10.9. The molecule has 0 amide bonds. The van der Waals surface area contributed by atoms with Crippen LogP contribution in [0, 0.1) is 6.92 Å². The fraction of sp³-hybridized carbons (Fsp3) is 0.294. The monoisotopic (exact) mass is 271 g/mol. The van der Waals surface area contributed by atoms with Crippen molar-refractivity contribution in [3.05, 3.63) is 59.2 Å². The van der Waals surface area contributed by atoms with Gasteiger partial charge >= 0.3 is 0 Å². The first-order valence-corrected chi connectivity index (χ1v) is 7.62. The van der Waals surface area contributed by atoms with E-state index in [1.54, 1.807) is 0 Å². The highest BCUT2D eigenvalue weighted by molar-refractivity contribution is 7.98. The van der Waals surface area contributed by atoms with Crippen LogP contribution >= 0.6 is 11.8 Å². The van der Waals surface area contributed by atoms with E-state index in [1.165, 1.54) is 21.6 Å². The van der Waals surface area contributed by atoms with Crippen molar-refractivity contribution in [3.8, 4) is 0 Å². The highest BCUT2D eigenvalue weighted by Gasteiger charge is 2.02. The molecule has 0 aromatic heterocycles. The van der Waals surface area contributed by atoms with E-state index >= 15 is 0 Å². The minimum absolute atomic E-state index is 0.595. The van der Waals surface area contributed by atoms with Crippen molar-refractivity contribution < 1.29 is 0 Å². The van der Waals surface area contributed by atoms with Crippen molar-refractivity contribution in [2.45, 2.75) is 37.3 Å². The predicted molar refractivity (Wildman–Crippen MR) is 85.7 cm³/mol. The van der Waals surface area contributed by atoms with Gasteiger partial charge in [0.1, 0.15) is 0 Å². The van der Waals surface area contributed by atoms with E-state index in [-0.39, 0.29) is 0 Å². The Kier molecular flexibility index (Phi) is 4.54. The fourth-order valence-corrected chi connectivity index (χ4v) is 2.96. The van der Waals surface area contributed by atoms with Crippen LogP contribution in [0.25, 0.3) is 0 Å². The van der Waals surface area contributed by atoms with Crippen LogP contribution in [-0.2, 0) is 5.75 Å². The number of hydrogen-bond acceptors (Lipinski definition) is 2. The van der Waals surface area contributed by atoms with Crippen LogP contribution in [0.5, 0.6) is 0 Å². The molecule has 0 aliphatic heterocycles. The summed E-state index contributed by atoms with van der Waals surface area (Å²) >= 11 is 1.85. The van der Waals surface area contributed by atoms with Crippen molar-refractivity contribution in [1.29, 1.82) is 0 Å². The lowest BCUT2D eigenvalue weighted by atomic mass is 10.0. The van der Waals surface area contributed by atoms with Gasteiger partial charge in [0.25, 0.3) is 0 Å². The van der Waals surface area contributed by atoms with Crippen LogP contribution in [0.1, 0.15) is 36.5 Å². The smallest absolute Gasteiger partial charge is 0.0325 e. The van der Waals surface area contributed by atoms with Crippen molar-refractivity contribution in [2.75, 3.05) is 5.73 Å². The molecular formula is C17H21NS. The Hall–Kier alpha value is -1.41. The predicted octanol–water partition coefficient (Wildman–Crippen LogP) is 4.99. The largest absolute Gasteiger partial charge is 0.399 e. The Morgan fingerprint density at radius 1 is 1.05 bits per heavy atom. The first-order valence-electron chi connectivity index (χ1n) is 6.64. The molecule has 0 saturated carbocycles. The number of nitrogens with two attached hydrogens (primary N) is 1. The van der Waals surface area contributed by atoms with Gasteiger partial charge in [-0.1, -0.05) is 44.2 Å². The van der Waals surface area contributed by atoms with Gasteiger partial charge in [0.15, 0.2) is 0 Å². The SMILES string of the molecule is Cc1ccc(N)cc1SCc1ccc(C(C)C)cc1. The standard InChI is InChI=1S/C17H21NS/c1-12(2)15-7-5-14(6-8-15)11-19-17-10-16(18)9-4-13(17)3/h4-10,12H,11,18H2,1-3H3. The molecule has 2 rings (SSSR count). The summed E-state index contributed by atoms with van der Waals surface area (Å²) in [7, 11) is 0. The van der Waals surface area contributed by atoms with Crippen LogP contribution in [0.15, 0.2) is 47.4 Å². The average Bonchev–Trinajstić information content (AvgIpc) is 2.40. The third-order valence-electron chi connectivity index (χ3n) is 3.25. The number of aryl methyl sites for hydroxylation is 1. The summed E-state index contributed by atoms with van der Waals surface area (Å²) in [5, 5.41) is 0. The molecule has 0 aliphatic rings. The zero-order valence-electron chi connectivity index (χ0n) is 11.8. The van der Waals surface area contributed by atoms with Gasteiger partial charge in [0, 0.05) is 16.3 Å². The Balaban J connectivity index is 2.04. The second kappa shape index (κ2) is 6.16. The van der Waals surface area contributed by atoms with E-state index in [2.05, 4.69) is 57.2 Å². The molecule has 19 heavy (non-hydrogen) atoms. The van der Waals surface area contributed by atoms with E-state index in [0.717, 1.165) is 11.4 Å². The molecule has 2 aromatic rings. The van der Waals surface area contributed by atoms with E-state index in [1.807, 2.05) is 17.8 Å². The number of hydrogen-bond donors (Lipinski definition) is 1. The van der Waals surface area contributed by atoms with Gasteiger partial charge in [-0.05, 0) is 41.7 Å². The maximum absolute atomic E-state index is 5.84. The van der Waals surface area contributed by atoms with E-state index in [9.17, 15) is 0 Å². The van der Waals surface area contributed by atoms with Gasteiger partial charge in [0.05, 0.1) is 0 Å². The van der Waals surface area contributed by atoms with Crippen molar-refractivity contribution in [3.63, 3.8) is 0 Å². The lowest BCUT2D eigenvalue weighted by Gasteiger charge is -2.09. The first kappa shape index (κ1) is 14.0. The van der Waals surface area contributed by atoms with E-state index in [0.29, 0.717) is 5.92 Å². The summed E-state index contributed by atoms with van der Waals surface area (Å²) in [6, 6.07) is 15.0. The summed E-state index contributed by atoms with van der Waals surface area (Å²) < 4.78 is 0. The zero-order valence-corrected chi connectivity index (χ0v) is 12.6. The van der Waals surface area contributed by atoms with E-state index < -0.39 is 0 Å². The highest BCUT2D eigenvalue weighted by Crippen LogP contribution is 2.28. The Morgan fingerprint density at radius 3 is 2.37 bits per heavy atom. The van der Waals surface area contributed by atoms with Gasteiger partial charge < -0.3 is 5.73 Å². The minimum atomic E-state index is 0.595. The third kappa shape index (κ3) is 3.77. The second-order valence-electron chi connectivity index (χ2n) is 5.21. The lowest BCUT2D eigenvalue weighted by Crippen LogP contribution is -1.90. The maximum atomic E-state index is 5.84. The first-order chi connectivity index (χ1) is 9.06. The summed E-state index contributed by atoms with van der Waals surface area (Å²) in [4.78, 5) is 1.27. The van der Waals surface area contributed by atoms with Crippen LogP contribution in [0.3, 0.4) is 0 Å². The fourth-order valence-electron chi connectivity index (χ4n) is 1.93. The van der Waals surface area contributed by atoms with Gasteiger partial charge in [-0.3, -0.25) is 0 Å². The molecule has 1 nitrogen and oxygen atoms in total. The number of benzene rings is 2. The molecule has 0 aliphatic carbocycles. The molecule has 0 spiro atoms. The Morgan fingerprint density at radius 2 is 1.74 bits per heavy atom. The molecule has 0 radical (unpaired) electrons. The number of thioether (sulfide) groups is 1. The molecule has 0 fully saturated rings. The van der Waals surface area contributed by atoms with Crippen molar-refractivity contribution in [2.24, 2.45) is 0 Å². The van der Waals surface area contributed by atoms with Crippen LogP contribution in [0.4, 0.5) is 5.69 Å². The average molecular weight is 271 g/mol. The van der Waals surface area contributed by atoms with Gasteiger partial charge in [-0.25, -0.2) is 0 Å². The molecule has 0 unspecified atom stereocenters. The zero-order chi connectivity index (χ0) is 13.8. The minimum Gasteiger partial charge on any atom is -0.399 e. The molecule has 2 heteroatoms. The van der Waals surface area contributed by atoms with Gasteiger partial charge in [-0.15, -0.1) is 11.8 Å². The maximum Gasteiger partial charge on any atom is 0.0325 e. The second-order valence-corrected chi connectivity index (χ2v) is 6.23. The van der Waals surface area contributed by atoms with Crippen LogP contribution < -0.4 is 5.73 Å². The molecule has 2 N–H and O–H groups in total. The Labute approximate surface area is 120 Å². The van der Waals surface area contributed by atoms with Crippen LogP contribution in [0.2, 0.25) is 0 Å². The molecule has 2 aromatic carbocycles. The summed E-state index contributed by atoms with van der Waals surface area (Å²) in [5.74, 6) is 1.58. The quantitative estimate of drug-likeness (QED) is 0.626. The lowest BCUT2D eigenvalue weighted by molar-refractivity contribution is 0.866. The molecule has 0 bridgehead atoms. The molecule has 100 valence electrons. The Bertz CT molecular complexity index is 544. The molecule has 0 heterocycles. The van der Waals surface area contributed by atoms with Gasteiger partial charge in [-0.2, -0.15) is 0 Å². The topological polar surface area (TPSA) is 26.0 Å². The number of rotatable bonds is 4. The number of nitrogen functional groups attached to an aromatic ring is 1. The summed E-state index contributed by atoms with van der Waals surface area (Å²) in [6.45, 7) is 6.57. The highest BCUT2D eigenvalue weighted by atomic mass is 32.2. The summed E-state index contributed by atoms with van der Waals surface area (Å²) in [5.41, 5.74) is 10.7. The van der Waals surface area contributed by atoms with E-state index in [4.69, 9.17) is 5.73 Å². The van der Waals surface area contributed by atoms with Crippen LogP contribution in [-0.4, -0.2) is 0 Å². The summed E-state index contributed by atoms with van der Waals surface area (Å²) in [6.07, 6.45) is 0. The van der Waals surface area contributed by atoms with Crippen molar-refractivity contribution in [1.82, 2.24) is 0 Å². The number of anilines is 1. The molecule has 0 saturated heterocycles. The van der Waals surface area contributed by atoms with Gasteiger partial charge in [0.2, 0.25) is 0 Å². The van der Waals surface area contributed by atoms with Crippen molar-refractivity contribution >= 4 is 17.4 Å². The molecule has 0 atom stereocenters. The third-order valence-corrected chi connectivity index (χ3v) is 4.48.